The molecule has 166 valence electrons. The standard InChI is InChI=1S/C30H30N2S/c1-21-16-17-25(31)20-32(29-14-4-2-12-27(21)29)26-11-7-9-23(19-26)22-8-6-10-24(18-22)28-13-3-5-15-30(28)33/h3,5-11,13-19,27,33H,2,4,12,20,31H2,1H3/b21-16+,25-17+. The zero-order valence-electron chi connectivity index (χ0n) is 19.0. The predicted molar refractivity (Wildman–Crippen MR) is 143 cm³/mol. The lowest BCUT2D eigenvalue weighted by Gasteiger charge is -2.37. The maximum absolute atomic E-state index is 6.40. The van der Waals surface area contributed by atoms with Gasteiger partial charge in [0.05, 0.1) is 6.54 Å². The average Bonchev–Trinajstić information content (AvgIpc) is 2.85. The molecule has 0 saturated heterocycles. The smallest absolute Gasteiger partial charge is 0.0623 e. The van der Waals surface area contributed by atoms with Crippen LogP contribution in [0.5, 0.6) is 0 Å². The molecule has 0 saturated carbocycles. The highest BCUT2D eigenvalue weighted by molar-refractivity contribution is 7.80. The highest BCUT2D eigenvalue weighted by atomic mass is 32.1. The number of hydrogen-bond acceptors (Lipinski definition) is 3. The van der Waals surface area contributed by atoms with Crippen LogP contribution in [0, 0.1) is 5.92 Å². The number of nitrogens with two attached hydrogens (primary N) is 1. The van der Waals surface area contributed by atoms with E-state index in [1.54, 1.807) is 0 Å². The molecule has 2 N–H and O–H groups in total. The molecule has 3 aromatic carbocycles. The Kier molecular flexibility index (Phi) is 6.15. The molecule has 0 fully saturated rings. The van der Waals surface area contributed by atoms with Crippen molar-refractivity contribution in [3.05, 3.63) is 108 Å². The number of fused-ring (bicyclic) bond motifs is 1. The average molecular weight is 451 g/mol. The fraction of sp³-hybridized carbons (Fsp3) is 0.200. The Morgan fingerprint density at radius 3 is 2.48 bits per heavy atom. The lowest BCUT2D eigenvalue weighted by Crippen LogP contribution is -2.33. The molecule has 5 rings (SSSR count). The molecule has 1 aliphatic carbocycles. The third-order valence-electron chi connectivity index (χ3n) is 6.74. The summed E-state index contributed by atoms with van der Waals surface area (Å²) in [5.74, 6) is 0.460. The topological polar surface area (TPSA) is 29.3 Å². The van der Waals surface area contributed by atoms with Crippen LogP contribution in [-0.4, -0.2) is 6.54 Å². The summed E-state index contributed by atoms with van der Waals surface area (Å²) in [6.07, 6.45) is 10.3. The van der Waals surface area contributed by atoms with Crippen LogP contribution < -0.4 is 10.6 Å². The quantitative estimate of drug-likeness (QED) is 0.402. The van der Waals surface area contributed by atoms with Crippen molar-refractivity contribution in [1.29, 1.82) is 0 Å². The van der Waals surface area contributed by atoms with E-state index in [-0.39, 0.29) is 0 Å². The minimum Gasteiger partial charge on any atom is -0.401 e. The number of nitrogens with zero attached hydrogens (tertiary/aromatic N) is 1. The van der Waals surface area contributed by atoms with Crippen molar-refractivity contribution in [2.24, 2.45) is 11.7 Å². The summed E-state index contributed by atoms with van der Waals surface area (Å²) in [5, 5.41) is 0. The number of benzene rings is 3. The van der Waals surface area contributed by atoms with Crippen molar-refractivity contribution < 1.29 is 0 Å². The monoisotopic (exact) mass is 450 g/mol. The Balaban J connectivity index is 1.54. The SMILES string of the molecule is C/C1=C\C=C(\N)CN(c2cccc(-c3cccc(-c4ccccc4S)c3)c2)C2=CCCCC21. The first kappa shape index (κ1) is 21.7. The van der Waals surface area contributed by atoms with Gasteiger partial charge >= 0.3 is 0 Å². The van der Waals surface area contributed by atoms with Crippen molar-refractivity contribution in [1.82, 2.24) is 0 Å². The van der Waals surface area contributed by atoms with Crippen molar-refractivity contribution in [3.8, 4) is 22.3 Å². The highest BCUT2D eigenvalue weighted by Crippen LogP contribution is 2.38. The fourth-order valence-electron chi connectivity index (χ4n) is 4.98. The predicted octanol–water partition coefficient (Wildman–Crippen LogP) is 7.60. The normalized spacial score (nSPS) is 21.6. The van der Waals surface area contributed by atoms with Gasteiger partial charge in [-0.3, -0.25) is 0 Å². The first-order valence-electron chi connectivity index (χ1n) is 11.7. The molecule has 1 atom stereocenters. The van der Waals surface area contributed by atoms with Gasteiger partial charge in [0.25, 0.3) is 0 Å². The Hall–Kier alpha value is -3.17. The van der Waals surface area contributed by atoms with Crippen LogP contribution in [0.15, 0.2) is 113 Å². The van der Waals surface area contributed by atoms with E-state index in [1.807, 2.05) is 12.1 Å². The Morgan fingerprint density at radius 2 is 1.64 bits per heavy atom. The van der Waals surface area contributed by atoms with E-state index in [2.05, 4.69) is 103 Å². The molecule has 1 heterocycles. The number of hydrogen-bond donors (Lipinski definition) is 2. The van der Waals surface area contributed by atoms with Gasteiger partial charge in [-0.2, -0.15) is 0 Å². The second-order valence-electron chi connectivity index (χ2n) is 9.00. The number of anilines is 1. The van der Waals surface area contributed by atoms with Crippen LogP contribution in [0.2, 0.25) is 0 Å². The summed E-state index contributed by atoms with van der Waals surface area (Å²) in [6.45, 7) is 2.95. The van der Waals surface area contributed by atoms with Gasteiger partial charge in [0.2, 0.25) is 0 Å². The molecule has 3 aromatic rings. The summed E-state index contributed by atoms with van der Waals surface area (Å²) in [7, 11) is 0. The molecule has 0 amide bonds. The molecule has 2 aliphatic rings. The summed E-state index contributed by atoms with van der Waals surface area (Å²) in [5.41, 5.74) is 16.0. The van der Waals surface area contributed by atoms with Gasteiger partial charge in [-0.15, -0.1) is 12.6 Å². The van der Waals surface area contributed by atoms with Crippen LogP contribution >= 0.6 is 12.6 Å². The van der Waals surface area contributed by atoms with Gasteiger partial charge in [0.1, 0.15) is 0 Å². The highest BCUT2D eigenvalue weighted by Gasteiger charge is 2.26. The van der Waals surface area contributed by atoms with E-state index < -0.39 is 0 Å². The van der Waals surface area contributed by atoms with E-state index in [9.17, 15) is 0 Å². The van der Waals surface area contributed by atoms with Crippen LogP contribution in [0.25, 0.3) is 22.3 Å². The summed E-state index contributed by atoms with van der Waals surface area (Å²) in [6, 6.07) is 25.8. The molecule has 33 heavy (non-hydrogen) atoms. The fourth-order valence-corrected chi connectivity index (χ4v) is 5.27. The molecule has 1 unspecified atom stereocenters. The molecule has 2 nitrogen and oxygen atoms in total. The molecule has 0 radical (unpaired) electrons. The minimum absolute atomic E-state index is 0.460. The molecule has 0 aromatic heterocycles. The van der Waals surface area contributed by atoms with Gasteiger partial charge in [-0.05, 0) is 78.8 Å². The minimum atomic E-state index is 0.460. The molecule has 0 bridgehead atoms. The Morgan fingerprint density at radius 1 is 0.879 bits per heavy atom. The van der Waals surface area contributed by atoms with Crippen molar-refractivity contribution >= 4 is 18.3 Å². The largest absolute Gasteiger partial charge is 0.401 e. The Labute approximate surface area is 202 Å². The van der Waals surface area contributed by atoms with Gasteiger partial charge in [-0.25, -0.2) is 0 Å². The number of thiol groups is 1. The van der Waals surface area contributed by atoms with Crippen molar-refractivity contribution in [2.45, 2.75) is 31.1 Å². The van der Waals surface area contributed by atoms with Crippen molar-refractivity contribution in [2.75, 3.05) is 11.4 Å². The molecule has 0 spiro atoms. The third-order valence-corrected chi connectivity index (χ3v) is 7.13. The van der Waals surface area contributed by atoms with Crippen LogP contribution in [0.4, 0.5) is 5.69 Å². The third kappa shape index (κ3) is 4.51. The second-order valence-corrected chi connectivity index (χ2v) is 9.48. The van der Waals surface area contributed by atoms with Gasteiger partial charge in [0, 0.05) is 27.9 Å². The van der Waals surface area contributed by atoms with Gasteiger partial charge < -0.3 is 10.6 Å². The number of allylic oxidation sites excluding steroid dienone is 4. The van der Waals surface area contributed by atoms with Gasteiger partial charge in [-0.1, -0.05) is 66.3 Å². The summed E-state index contributed by atoms with van der Waals surface area (Å²) in [4.78, 5) is 3.41. The second kappa shape index (κ2) is 9.36. The summed E-state index contributed by atoms with van der Waals surface area (Å²) >= 11 is 4.66. The Bertz CT molecular complexity index is 1270. The first-order chi connectivity index (χ1) is 16.1. The molecular formula is C30H30N2S. The zero-order valence-corrected chi connectivity index (χ0v) is 19.9. The first-order valence-corrected chi connectivity index (χ1v) is 12.1. The molecule has 1 aliphatic heterocycles. The zero-order chi connectivity index (χ0) is 22.8. The van der Waals surface area contributed by atoms with E-state index in [1.165, 1.54) is 46.5 Å². The summed E-state index contributed by atoms with van der Waals surface area (Å²) < 4.78 is 0. The number of rotatable bonds is 3. The van der Waals surface area contributed by atoms with E-state index >= 15 is 0 Å². The van der Waals surface area contributed by atoms with E-state index in [0.717, 1.165) is 22.6 Å². The van der Waals surface area contributed by atoms with E-state index in [4.69, 9.17) is 5.73 Å². The van der Waals surface area contributed by atoms with Crippen LogP contribution in [-0.2, 0) is 0 Å². The van der Waals surface area contributed by atoms with E-state index in [0.29, 0.717) is 12.5 Å². The molecule has 3 heteroatoms. The maximum atomic E-state index is 6.40. The molecular weight excluding hydrogens is 420 g/mol. The van der Waals surface area contributed by atoms with Crippen LogP contribution in [0.1, 0.15) is 26.2 Å². The lowest BCUT2D eigenvalue weighted by atomic mass is 9.84. The van der Waals surface area contributed by atoms with Crippen LogP contribution in [0.3, 0.4) is 0 Å². The van der Waals surface area contributed by atoms with Crippen molar-refractivity contribution in [3.63, 3.8) is 0 Å². The van der Waals surface area contributed by atoms with Gasteiger partial charge in [0.15, 0.2) is 0 Å². The maximum Gasteiger partial charge on any atom is 0.0623 e. The lowest BCUT2D eigenvalue weighted by molar-refractivity contribution is 0.553.